The molecular formula is C16H18F6O4. The number of halogens is 6. The van der Waals surface area contributed by atoms with E-state index in [1.54, 1.807) is 0 Å². The third-order valence-electron chi connectivity index (χ3n) is 5.99. The van der Waals surface area contributed by atoms with Gasteiger partial charge in [0, 0.05) is 5.41 Å². The first kappa shape index (κ1) is 19.3. The van der Waals surface area contributed by atoms with E-state index < -0.39 is 41.7 Å². The third kappa shape index (κ3) is 2.76. The monoisotopic (exact) mass is 388 g/mol. The molecule has 0 aromatic carbocycles. The van der Waals surface area contributed by atoms with Crippen LogP contribution in [0.2, 0.25) is 0 Å². The number of ether oxygens (including phenoxy) is 1. The minimum atomic E-state index is -6.41. The summed E-state index contributed by atoms with van der Waals surface area (Å²) in [6.07, 6.45) is 4.89. The van der Waals surface area contributed by atoms with Crippen molar-refractivity contribution in [2.75, 3.05) is 6.61 Å². The number of carboxylic acids is 1. The molecule has 0 amide bonds. The van der Waals surface area contributed by atoms with Gasteiger partial charge in [0.2, 0.25) is 0 Å². The normalized spacial score (nSPS) is 34.0. The highest BCUT2D eigenvalue weighted by molar-refractivity contribution is 5.83. The van der Waals surface area contributed by atoms with Crippen molar-refractivity contribution >= 4 is 11.9 Å². The lowest BCUT2D eigenvalue weighted by atomic mass is 9.50. The number of alkyl halides is 6. The second-order valence-corrected chi connectivity index (χ2v) is 8.02. The van der Waals surface area contributed by atoms with Crippen molar-refractivity contribution in [3.63, 3.8) is 0 Å². The Morgan fingerprint density at radius 3 is 1.69 bits per heavy atom. The molecule has 0 radical (unpaired) electrons. The number of hydrogen-bond acceptors (Lipinski definition) is 3. The number of rotatable bonds is 6. The lowest BCUT2D eigenvalue weighted by Gasteiger charge is -2.56. The molecule has 148 valence electrons. The molecule has 1 N–H and O–H groups in total. The van der Waals surface area contributed by atoms with Crippen LogP contribution in [0.3, 0.4) is 0 Å². The summed E-state index contributed by atoms with van der Waals surface area (Å²) < 4.78 is 84.4. The van der Waals surface area contributed by atoms with Crippen molar-refractivity contribution in [3.8, 4) is 0 Å². The van der Waals surface area contributed by atoms with Crippen LogP contribution < -0.4 is 0 Å². The zero-order chi connectivity index (χ0) is 19.5. The molecule has 0 aliphatic heterocycles. The average Bonchev–Trinajstić information content (AvgIpc) is 2.50. The topological polar surface area (TPSA) is 63.6 Å². The van der Waals surface area contributed by atoms with Crippen LogP contribution in [0, 0.1) is 23.2 Å². The van der Waals surface area contributed by atoms with E-state index in [-0.39, 0.29) is 0 Å². The first-order valence-electron chi connectivity index (χ1n) is 8.35. The standard InChI is InChI=1S/C16H18F6O4/c17-14(18,11(23)24)16(21,22)15(19,20)12(25)26-7-13-4-8-1-9(5-13)3-10(2-8)6-13/h8-10H,1-7H2,(H,23,24). The zero-order valence-corrected chi connectivity index (χ0v) is 13.6. The first-order valence-corrected chi connectivity index (χ1v) is 8.35. The minimum Gasteiger partial charge on any atom is -0.477 e. The predicted molar refractivity (Wildman–Crippen MR) is 74.0 cm³/mol. The summed E-state index contributed by atoms with van der Waals surface area (Å²) in [7, 11) is 0. The number of carboxylic acid groups (broad SMARTS) is 1. The second-order valence-electron chi connectivity index (χ2n) is 8.02. The van der Waals surface area contributed by atoms with Crippen LogP contribution in [-0.2, 0) is 14.3 Å². The van der Waals surface area contributed by atoms with E-state index in [1.807, 2.05) is 0 Å². The van der Waals surface area contributed by atoms with E-state index in [2.05, 4.69) is 4.74 Å². The fraction of sp³-hybridized carbons (Fsp3) is 0.875. The van der Waals surface area contributed by atoms with Gasteiger partial charge in [-0.3, -0.25) is 0 Å². The fourth-order valence-corrected chi connectivity index (χ4v) is 5.24. The molecule has 0 aromatic rings. The van der Waals surface area contributed by atoms with Crippen LogP contribution in [0.4, 0.5) is 26.3 Å². The van der Waals surface area contributed by atoms with Gasteiger partial charge < -0.3 is 9.84 Å². The number of aliphatic carboxylic acids is 1. The molecule has 0 saturated heterocycles. The number of carbonyl (C=O) groups excluding carboxylic acids is 1. The van der Waals surface area contributed by atoms with Crippen LogP contribution in [0.25, 0.3) is 0 Å². The smallest absolute Gasteiger partial charge is 0.411 e. The molecule has 0 aromatic heterocycles. The van der Waals surface area contributed by atoms with E-state index in [0.29, 0.717) is 37.0 Å². The van der Waals surface area contributed by atoms with Crippen molar-refractivity contribution in [3.05, 3.63) is 0 Å². The Morgan fingerprint density at radius 1 is 0.885 bits per heavy atom. The summed E-state index contributed by atoms with van der Waals surface area (Å²) in [5, 5.41) is 8.09. The summed E-state index contributed by atoms with van der Waals surface area (Å²) >= 11 is 0. The number of carbonyl (C=O) groups is 2. The lowest BCUT2D eigenvalue weighted by molar-refractivity contribution is -0.300. The summed E-state index contributed by atoms with van der Waals surface area (Å²) in [5.74, 6) is -23.6. The SMILES string of the molecule is O=C(O)C(F)(F)C(F)(F)C(F)(F)C(=O)OCC12CC3CC(CC(C3)C1)C2. The largest absolute Gasteiger partial charge is 0.477 e. The average molecular weight is 388 g/mol. The Labute approximate surface area is 144 Å². The molecule has 4 aliphatic rings. The molecule has 4 nitrogen and oxygen atoms in total. The van der Waals surface area contributed by atoms with Crippen molar-refractivity contribution in [2.45, 2.75) is 56.3 Å². The van der Waals surface area contributed by atoms with E-state index in [4.69, 9.17) is 5.11 Å². The molecular weight excluding hydrogens is 370 g/mol. The maximum absolute atomic E-state index is 13.6. The Kier molecular flexibility index (Phi) is 4.27. The van der Waals surface area contributed by atoms with Gasteiger partial charge in [-0.1, -0.05) is 0 Å². The molecule has 4 bridgehead atoms. The highest BCUT2D eigenvalue weighted by Crippen LogP contribution is 2.60. The summed E-state index contributed by atoms with van der Waals surface area (Å²) in [4.78, 5) is 21.7. The van der Waals surface area contributed by atoms with Crippen LogP contribution in [0.1, 0.15) is 38.5 Å². The van der Waals surface area contributed by atoms with Crippen LogP contribution in [0.5, 0.6) is 0 Å². The summed E-state index contributed by atoms with van der Waals surface area (Å²) in [6.45, 7) is -0.542. The Hall–Kier alpha value is -1.48. The van der Waals surface area contributed by atoms with Crippen LogP contribution in [-0.4, -0.2) is 41.4 Å². The first-order chi connectivity index (χ1) is 11.8. The van der Waals surface area contributed by atoms with Gasteiger partial charge in [0.05, 0.1) is 6.61 Å². The van der Waals surface area contributed by atoms with E-state index in [1.165, 1.54) is 0 Å². The van der Waals surface area contributed by atoms with Crippen molar-refractivity contribution in [1.29, 1.82) is 0 Å². The molecule has 4 rings (SSSR count). The molecule has 4 saturated carbocycles. The highest BCUT2D eigenvalue weighted by atomic mass is 19.3. The second kappa shape index (κ2) is 5.76. The van der Waals surface area contributed by atoms with Gasteiger partial charge in [-0.2, -0.15) is 26.3 Å². The Morgan fingerprint density at radius 2 is 1.31 bits per heavy atom. The third-order valence-corrected chi connectivity index (χ3v) is 5.99. The number of hydrogen-bond donors (Lipinski definition) is 1. The Balaban J connectivity index is 1.70. The van der Waals surface area contributed by atoms with E-state index in [9.17, 15) is 35.9 Å². The van der Waals surface area contributed by atoms with Crippen molar-refractivity contribution in [1.82, 2.24) is 0 Å². The highest BCUT2D eigenvalue weighted by Gasteiger charge is 2.79. The summed E-state index contributed by atoms with van der Waals surface area (Å²) in [5.41, 5.74) is -0.578. The van der Waals surface area contributed by atoms with Crippen LogP contribution in [0.15, 0.2) is 0 Å². The summed E-state index contributed by atoms with van der Waals surface area (Å²) in [6, 6.07) is 0. The van der Waals surface area contributed by atoms with Gasteiger partial charge >= 0.3 is 29.7 Å². The molecule has 4 fully saturated rings. The van der Waals surface area contributed by atoms with Gasteiger partial charge in [0.25, 0.3) is 0 Å². The molecule has 0 spiro atoms. The molecule has 0 heterocycles. The van der Waals surface area contributed by atoms with Gasteiger partial charge in [0.1, 0.15) is 0 Å². The zero-order valence-electron chi connectivity index (χ0n) is 13.6. The molecule has 10 heteroatoms. The maximum atomic E-state index is 13.6. The van der Waals surface area contributed by atoms with Gasteiger partial charge in [-0.05, 0) is 56.3 Å². The maximum Gasteiger partial charge on any atom is 0.411 e. The van der Waals surface area contributed by atoms with Crippen molar-refractivity contribution in [2.24, 2.45) is 23.2 Å². The minimum absolute atomic E-state index is 0.373. The quantitative estimate of drug-likeness (QED) is 0.556. The predicted octanol–water partition coefficient (Wildman–Crippen LogP) is 3.74. The Bertz CT molecular complexity index is 583. The van der Waals surface area contributed by atoms with Gasteiger partial charge in [-0.15, -0.1) is 0 Å². The molecule has 26 heavy (non-hydrogen) atoms. The van der Waals surface area contributed by atoms with E-state index >= 15 is 0 Å². The van der Waals surface area contributed by atoms with Gasteiger partial charge in [-0.25, -0.2) is 9.59 Å². The van der Waals surface area contributed by atoms with Gasteiger partial charge in [0.15, 0.2) is 0 Å². The van der Waals surface area contributed by atoms with Crippen LogP contribution >= 0.6 is 0 Å². The molecule has 0 atom stereocenters. The number of esters is 1. The fourth-order valence-electron chi connectivity index (χ4n) is 5.24. The van der Waals surface area contributed by atoms with Crippen molar-refractivity contribution < 1.29 is 45.8 Å². The molecule has 0 unspecified atom stereocenters. The lowest BCUT2D eigenvalue weighted by Crippen LogP contribution is -2.61. The van der Waals surface area contributed by atoms with E-state index in [0.717, 1.165) is 19.3 Å². The molecule has 4 aliphatic carbocycles.